The smallest absolute Gasteiger partial charge is 0.251 e. The highest BCUT2D eigenvalue weighted by atomic mass is 16.2. The number of carbonyl (C=O) groups excluding carboxylic acids is 2. The van der Waals surface area contributed by atoms with Crippen LogP contribution < -0.4 is 16.0 Å². The summed E-state index contributed by atoms with van der Waals surface area (Å²) in [5.74, 6) is 1.26. The molecule has 2 fully saturated rings. The number of carbonyl (C=O) groups is 2. The second kappa shape index (κ2) is 11.0. The first-order valence-electron chi connectivity index (χ1n) is 11.3. The van der Waals surface area contributed by atoms with Gasteiger partial charge in [0.15, 0.2) is 5.96 Å². The van der Waals surface area contributed by atoms with E-state index in [1.54, 1.807) is 7.05 Å². The van der Waals surface area contributed by atoms with Crippen LogP contribution in [-0.2, 0) is 11.3 Å². The number of guanidine groups is 1. The number of nitrogens with zero attached hydrogens (tertiary/aromatic N) is 2. The van der Waals surface area contributed by atoms with Gasteiger partial charge in [-0.3, -0.25) is 9.59 Å². The number of nitrogens with one attached hydrogen (secondary N) is 3. The molecular formula is C23H35N5O2. The van der Waals surface area contributed by atoms with E-state index in [4.69, 9.17) is 4.99 Å². The molecule has 164 valence electrons. The van der Waals surface area contributed by atoms with Gasteiger partial charge in [-0.05, 0) is 43.9 Å². The fourth-order valence-electron chi connectivity index (χ4n) is 4.28. The van der Waals surface area contributed by atoms with Gasteiger partial charge in [0, 0.05) is 44.2 Å². The van der Waals surface area contributed by atoms with Gasteiger partial charge in [0.1, 0.15) is 0 Å². The lowest BCUT2D eigenvalue weighted by molar-refractivity contribution is -0.135. The summed E-state index contributed by atoms with van der Waals surface area (Å²) in [4.78, 5) is 31.2. The fourth-order valence-corrected chi connectivity index (χ4v) is 4.28. The van der Waals surface area contributed by atoms with Gasteiger partial charge in [-0.2, -0.15) is 0 Å². The number of benzene rings is 1. The first-order valence-corrected chi connectivity index (χ1v) is 11.3. The molecule has 7 nitrogen and oxygen atoms in total. The zero-order chi connectivity index (χ0) is 21.3. The van der Waals surface area contributed by atoms with Crippen molar-refractivity contribution in [3.8, 4) is 0 Å². The van der Waals surface area contributed by atoms with Crippen LogP contribution in [-0.4, -0.2) is 55.4 Å². The van der Waals surface area contributed by atoms with Crippen LogP contribution in [0.3, 0.4) is 0 Å². The summed E-state index contributed by atoms with van der Waals surface area (Å²) in [6.07, 6.45) is 6.70. The molecule has 1 saturated heterocycles. The SMILES string of the molecule is CCNC(=NCc1ccc(C(=O)NC)cc1)NC1CCN(C(=O)C2CCCCC2)C1. The Kier molecular flexibility index (Phi) is 8.11. The van der Waals surface area contributed by atoms with Crippen LogP contribution in [0.15, 0.2) is 29.3 Å². The number of hydrogen-bond donors (Lipinski definition) is 3. The first kappa shape index (κ1) is 22.1. The van der Waals surface area contributed by atoms with Gasteiger partial charge in [0.25, 0.3) is 5.91 Å². The molecule has 1 unspecified atom stereocenters. The third kappa shape index (κ3) is 5.97. The summed E-state index contributed by atoms with van der Waals surface area (Å²) in [7, 11) is 1.63. The molecule has 1 heterocycles. The number of amides is 2. The average molecular weight is 414 g/mol. The zero-order valence-electron chi connectivity index (χ0n) is 18.2. The standard InChI is InChI=1S/C23H35N5O2/c1-3-25-23(26-15-17-9-11-18(12-10-17)21(29)24-2)27-20-13-14-28(16-20)22(30)19-7-5-4-6-8-19/h9-12,19-20H,3-8,13-16H2,1-2H3,(H,24,29)(H2,25,26,27). The van der Waals surface area contributed by atoms with E-state index < -0.39 is 0 Å². The lowest BCUT2D eigenvalue weighted by Crippen LogP contribution is -2.45. The van der Waals surface area contributed by atoms with E-state index in [9.17, 15) is 9.59 Å². The first-order chi connectivity index (χ1) is 14.6. The molecule has 3 N–H and O–H groups in total. The minimum Gasteiger partial charge on any atom is -0.357 e. The highest BCUT2D eigenvalue weighted by molar-refractivity contribution is 5.93. The van der Waals surface area contributed by atoms with Crippen molar-refractivity contribution < 1.29 is 9.59 Å². The minimum absolute atomic E-state index is 0.0892. The second-order valence-corrected chi connectivity index (χ2v) is 8.22. The van der Waals surface area contributed by atoms with Crippen molar-refractivity contribution in [1.29, 1.82) is 0 Å². The number of aliphatic imine (C=N–C) groups is 1. The normalized spacial score (nSPS) is 20.1. The molecule has 1 saturated carbocycles. The number of likely N-dealkylation sites (tertiary alicyclic amines) is 1. The maximum Gasteiger partial charge on any atom is 0.251 e. The van der Waals surface area contributed by atoms with E-state index in [0.717, 1.165) is 50.4 Å². The fraction of sp³-hybridized carbons (Fsp3) is 0.609. The van der Waals surface area contributed by atoms with E-state index in [2.05, 4.69) is 16.0 Å². The maximum absolute atomic E-state index is 12.8. The Morgan fingerprint density at radius 3 is 2.50 bits per heavy atom. The third-order valence-electron chi connectivity index (χ3n) is 6.00. The highest BCUT2D eigenvalue weighted by Gasteiger charge is 2.31. The molecule has 7 heteroatoms. The molecule has 2 amide bonds. The maximum atomic E-state index is 12.8. The molecule has 1 aliphatic carbocycles. The number of rotatable bonds is 6. The van der Waals surface area contributed by atoms with Crippen molar-refractivity contribution in [3.05, 3.63) is 35.4 Å². The van der Waals surface area contributed by atoms with Crippen LogP contribution in [0.1, 0.15) is 61.4 Å². The average Bonchev–Trinajstić information content (AvgIpc) is 3.26. The monoisotopic (exact) mass is 413 g/mol. The lowest BCUT2D eigenvalue weighted by atomic mass is 9.88. The summed E-state index contributed by atoms with van der Waals surface area (Å²) in [5.41, 5.74) is 1.68. The summed E-state index contributed by atoms with van der Waals surface area (Å²) >= 11 is 0. The molecule has 0 radical (unpaired) electrons. The van der Waals surface area contributed by atoms with E-state index >= 15 is 0 Å². The quantitative estimate of drug-likeness (QED) is 0.493. The molecule has 0 bridgehead atoms. The van der Waals surface area contributed by atoms with Gasteiger partial charge in [-0.1, -0.05) is 31.4 Å². The minimum atomic E-state index is -0.0892. The van der Waals surface area contributed by atoms with Gasteiger partial charge in [-0.25, -0.2) is 4.99 Å². The van der Waals surface area contributed by atoms with Crippen LogP contribution in [0.4, 0.5) is 0 Å². The van der Waals surface area contributed by atoms with Crippen LogP contribution in [0, 0.1) is 5.92 Å². The molecular weight excluding hydrogens is 378 g/mol. The van der Waals surface area contributed by atoms with Crippen molar-refractivity contribution in [2.75, 3.05) is 26.7 Å². The molecule has 3 rings (SSSR count). The van der Waals surface area contributed by atoms with Gasteiger partial charge >= 0.3 is 0 Å². The highest BCUT2D eigenvalue weighted by Crippen LogP contribution is 2.26. The van der Waals surface area contributed by atoms with Crippen molar-refractivity contribution in [3.63, 3.8) is 0 Å². The van der Waals surface area contributed by atoms with Crippen LogP contribution >= 0.6 is 0 Å². The van der Waals surface area contributed by atoms with Crippen LogP contribution in [0.2, 0.25) is 0 Å². The van der Waals surface area contributed by atoms with E-state index in [1.807, 2.05) is 36.1 Å². The molecule has 1 aliphatic heterocycles. The Hall–Kier alpha value is -2.57. The topological polar surface area (TPSA) is 85.8 Å². The van der Waals surface area contributed by atoms with Crippen molar-refractivity contribution in [2.24, 2.45) is 10.9 Å². The van der Waals surface area contributed by atoms with Crippen molar-refractivity contribution in [1.82, 2.24) is 20.9 Å². The Morgan fingerprint density at radius 1 is 1.10 bits per heavy atom. The van der Waals surface area contributed by atoms with Gasteiger partial charge in [0.2, 0.25) is 5.91 Å². The predicted octanol–water partition coefficient (Wildman–Crippen LogP) is 2.28. The van der Waals surface area contributed by atoms with Crippen molar-refractivity contribution in [2.45, 2.75) is 58.0 Å². The molecule has 1 atom stereocenters. The molecule has 0 aromatic heterocycles. The molecule has 1 aromatic carbocycles. The summed E-state index contributed by atoms with van der Waals surface area (Å²) in [5, 5.41) is 9.42. The Balaban J connectivity index is 1.53. The Morgan fingerprint density at radius 2 is 1.83 bits per heavy atom. The molecule has 1 aromatic rings. The second-order valence-electron chi connectivity index (χ2n) is 8.22. The van der Waals surface area contributed by atoms with Gasteiger partial charge in [0.05, 0.1) is 6.54 Å². The lowest BCUT2D eigenvalue weighted by Gasteiger charge is -2.26. The summed E-state index contributed by atoms with van der Waals surface area (Å²) < 4.78 is 0. The molecule has 0 spiro atoms. The van der Waals surface area contributed by atoms with Gasteiger partial charge in [-0.15, -0.1) is 0 Å². The van der Waals surface area contributed by atoms with E-state index in [-0.39, 0.29) is 17.9 Å². The van der Waals surface area contributed by atoms with Crippen molar-refractivity contribution >= 4 is 17.8 Å². The largest absolute Gasteiger partial charge is 0.357 e. The van der Waals surface area contributed by atoms with Crippen LogP contribution in [0.5, 0.6) is 0 Å². The molecule has 2 aliphatic rings. The van der Waals surface area contributed by atoms with E-state index in [1.165, 1.54) is 19.3 Å². The van der Waals surface area contributed by atoms with E-state index in [0.29, 0.717) is 18.0 Å². The zero-order valence-corrected chi connectivity index (χ0v) is 18.2. The summed E-state index contributed by atoms with van der Waals surface area (Å²) in [6, 6.07) is 7.71. The Bertz CT molecular complexity index is 740. The van der Waals surface area contributed by atoms with Gasteiger partial charge < -0.3 is 20.9 Å². The third-order valence-corrected chi connectivity index (χ3v) is 6.00. The molecule has 30 heavy (non-hydrogen) atoms. The Labute approximate surface area is 179 Å². The van der Waals surface area contributed by atoms with Crippen LogP contribution in [0.25, 0.3) is 0 Å². The predicted molar refractivity (Wildman–Crippen MR) is 119 cm³/mol. The summed E-state index contributed by atoms with van der Waals surface area (Å²) in [6.45, 7) is 4.93. The number of hydrogen-bond acceptors (Lipinski definition) is 3.